The number of benzene rings is 8. The molecule has 2 aliphatic rings. The third kappa shape index (κ3) is 3.65. The standard InChI is InChI=1S/C51H29N3S/c1-2-14-30(15-3-1)46-38-27-26-36-34-19-8-13-25-44(34)55-49(36)47(38)53-50(52-46)54-43-24-12-7-18-33(43)35-28-29-42-45(48(35)54)37-20-6-11-23-41(37)51(42)39-21-9-4-16-31(39)32-17-5-10-22-40(32)51/h1-29H. The molecule has 0 amide bonds. The molecule has 0 saturated heterocycles. The van der Waals surface area contributed by atoms with Gasteiger partial charge in [-0.15, -0.1) is 11.3 Å². The SMILES string of the molecule is c1ccc(-c2nc(-n3c4ccccc4c4ccc5c(c43)-c3ccccc3C53c4ccccc4-c4ccccc43)nc3c2ccc2c4ccccc4sc23)cc1. The van der Waals surface area contributed by atoms with E-state index in [1.165, 1.54) is 75.5 Å². The number of thiophene rings is 1. The van der Waals surface area contributed by atoms with Crippen LogP contribution in [0.3, 0.4) is 0 Å². The quantitative estimate of drug-likeness (QED) is 0.178. The summed E-state index contributed by atoms with van der Waals surface area (Å²) in [6, 6.07) is 64.4. The van der Waals surface area contributed by atoms with Crippen LogP contribution in [-0.2, 0) is 5.41 Å². The van der Waals surface area contributed by atoms with Gasteiger partial charge in [-0.3, -0.25) is 4.57 Å². The molecule has 11 aromatic rings. The smallest absolute Gasteiger partial charge is 0.235 e. The van der Waals surface area contributed by atoms with E-state index >= 15 is 0 Å². The number of rotatable bonds is 2. The van der Waals surface area contributed by atoms with Crippen molar-refractivity contribution in [3.05, 3.63) is 198 Å². The van der Waals surface area contributed by atoms with Gasteiger partial charge >= 0.3 is 0 Å². The van der Waals surface area contributed by atoms with Gasteiger partial charge in [-0.1, -0.05) is 158 Å². The van der Waals surface area contributed by atoms with Crippen LogP contribution in [0.5, 0.6) is 0 Å². The maximum Gasteiger partial charge on any atom is 0.235 e. The van der Waals surface area contributed by atoms with Gasteiger partial charge in [0, 0.05) is 42.8 Å². The Balaban J connectivity index is 1.22. The summed E-state index contributed by atoms with van der Waals surface area (Å²) in [6.07, 6.45) is 0. The Morgan fingerprint density at radius 3 is 1.82 bits per heavy atom. The molecule has 3 nitrogen and oxygen atoms in total. The molecule has 13 rings (SSSR count). The lowest BCUT2D eigenvalue weighted by atomic mass is 9.70. The molecule has 0 aliphatic heterocycles. The van der Waals surface area contributed by atoms with E-state index in [1.54, 1.807) is 0 Å². The summed E-state index contributed by atoms with van der Waals surface area (Å²) in [5.41, 5.74) is 15.2. The van der Waals surface area contributed by atoms with Crippen molar-refractivity contribution in [2.45, 2.75) is 5.41 Å². The van der Waals surface area contributed by atoms with E-state index < -0.39 is 5.41 Å². The highest BCUT2D eigenvalue weighted by atomic mass is 32.1. The molecule has 0 saturated carbocycles. The van der Waals surface area contributed by atoms with E-state index in [0.29, 0.717) is 5.95 Å². The summed E-state index contributed by atoms with van der Waals surface area (Å²) in [7, 11) is 0. The highest BCUT2D eigenvalue weighted by Gasteiger charge is 2.52. The fourth-order valence-electron chi connectivity index (χ4n) is 10.1. The zero-order valence-corrected chi connectivity index (χ0v) is 30.3. The second-order valence-corrected chi connectivity index (χ2v) is 15.9. The first-order valence-corrected chi connectivity index (χ1v) is 19.7. The zero-order valence-electron chi connectivity index (χ0n) is 29.5. The summed E-state index contributed by atoms with van der Waals surface area (Å²) in [4.78, 5) is 11.2. The number of aromatic nitrogens is 3. The third-order valence-corrected chi connectivity index (χ3v) is 13.4. The number of para-hydroxylation sites is 1. The highest BCUT2D eigenvalue weighted by molar-refractivity contribution is 7.26. The lowest BCUT2D eigenvalue weighted by Crippen LogP contribution is -2.25. The van der Waals surface area contributed by atoms with Crippen molar-refractivity contribution < 1.29 is 0 Å². The van der Waals surface area contributed by atoms with Gasteiger partial charge in [0.2, 0.25) is 5.95 Å². The molecule has 0 atom stereocenters. The zero-order chi connectivity index (χ0) is 35.8. The van der Waals surface area contributed by atoms with Crippen LogP contribution in [0.15, 0.2) is 176 Å². The summed E-state index contributed by atoms with van der Waals surface area (Å²) < 4.78 is 4.82. The summed E-state index contributed by atoms with van der Waals surface area (Å²) >= 11 is 1.82. The molecule has 8 aromatic carbocycles. The van der Waals surface area contributed by atoms with Crippen molar-refractivity contribution in [2.75, 3.05) is 0 Å². The van der Waals surface area contributed by atoms with Crippen LogP contribution in [0.1, 0.15) is 22.3 Å². The lowest BCUT2D eigenvalue weighted by molar-refractivity contribution is 0.794. The summed E-state index contributed by atoms with van der Waals surface area (Å²) in [5, 5.41) is 5.94. The lowest BCUT2D eigenvalue weighted by Gasteiger charge is -2.30. The van der Waals surface area contributed by atoms with Gasteiger partial charge in [0.05, 0.1) is 32.4 Å². The van der Waals surface area contributed by atoms with Crippen LogP contribution in [0.4, 0.5) is 0 Å². The van der Waals surface area contributed by atoms with Crippen LogP contribution in [-0.4, -0.2) is 14.5 Å². The van der Waals surface area contributed by atoms with Crippen molar-refractivity contribution >= 4 is 64.2 Å². The largest absolute Gasteiger partial charge is 0.277 e. The summed E-state index contributed by atoms with van der Waals surface area (Å²) in [6.45, 7) is 0. The van der Waals surface area contributed by atoms with Gasteiger partial charge < -0.3 is 0 Å². The Labute approximate surface area is 320 Å². The van der Waals surface area contributed by atoms with Crippen LogP contribution in [0.2, 0.25) is 0 Å². The second-order valence-electron chi connectivity index (χ2n) is 14.8. The van der Waals surface area contributed by atoms with Gasteiger partial charge in [0.1, 0.15) is 0 Å². The number of fused-ring (bicyclic) bond motifs is 19. The molecule has 254 valence electrons. The fraction of sp³-hybridized carbons (Fsp3) is 0.0196. The molecular formula is C51H29N3S. The number of hydrogen-bond acceptors (Lipinski definition) is 3. The van der Waals surface area contributed by atoms with Crippen LogP contribution < -0.4 is 0 Å². The van der Waals surface area contributed by atoms with Gasteiger partial charge in [-0.05, 0) is 57.1 Å². The average molecular weight is 716 g/mol. The van der Waals surface area contributed by atoms with Crippen molar-refractivity contribution in [3.8, 4) is 39.5 Å². The predicted molar refractivity (Wildman–Crippen MR) is 228 cm³/mol. The van der Waals surface area contributed by atoms with E-state index in [9.17, 15) is 0 Å². The Morgan fingerprint density at radius 1 is 0.436 bits per heavy atom. The average Bonchev–Trinajstić information content (AvgIpc) is 3.97. The minimum atomic E-state index is -0.447. The first-order valence-electron chi connectivity index (χ1n) is 18.8. The Kier molecular flexibility index (Phi) is 5.71. The van der Waals surface area contributed by atoms with E-state index in [1.807, 2.05) is 11.3 Å². The molecule has 3 heterocycles. The number of nitrogens with zero attached hydrogens (tertiary/aromatic N) is 3. The predicted octanol–water partition coefficient (Wildman–Crippen LogP) is 13.1. The van der Waals surface area contributed by atoms with E-state index in [-0.39, 0.29) is 0 Å². The maximum absolute atomic E-state index is 5.63. The third-order valence-electron chi connectivity index (χ3n) is 12.2. The Morgan fingerprint density at radius 2 is 1.04 bits per heavy atom. The van der Waals surface area contributed by atoms with E-state index in [0.717, 1.165) is 33.2 Å². The molecule has 0 fully saturated rings. The number of hydrogen-bond donors (Lipinski definition) is 0. The fourth-order valence-corrected chi connectivity index (χ4v) is 11.3. The minimum Gasteiger partial charge on any atom is -0.277 e. The van der Waals surface area contributed by atoms with Gasteiger partial charge in [0.15, 0.2) is 0 Å². The van der Waals surface area contributed by atoms with Crippen molar-refractivity contribution in [2.24, 2.45) is 0 Å². The highest BCUT2D eigenvalue weighted by Crippen LogP contribution is 2.64. The van der Waals surface area contributed by atoms with E-state index in [2.05, 4.69) is 180 Å². The first-order chi connectivity index (χ1) is 27.3. The van der Waals surface area contributed by atoms with Gasteiger partial charge in [-0.2, -0.15) is 0 Å². The van der Waals surface area contributed by atoms with Crippen molar-refractivity contribution in [3.63, 3.8) is 0 Å². The summed E-state index contributed by atoms with van der Waals surface area (Å²) in [5.74, 6) is 0.682. The van der Waals surface area contributed by atoms with E-state index in [4.69, 9.17) is 9.97 Å². The van der Waals surface area contributed by atoms with Crippen LogP contribution in [0, 0.1) is 0 Å². The molecule has 1 spiro atoms. The normalized spacial score (nSPS) is 13.6. The van der Waals surface area contributed by atoms with Crippen LogP contribution in [0.25, 0.3) is 92.3 Å². The Hall–Kier alpha value is -6.88. The van der Waals surface area contributed by atoms with Crippen molar-refractivity contribution in [1.29, 1.82) is 0 Å². The molecular weight excluding hydrogens is 687 g/mol. The molecule has 0 radical (unpaired) electrons. The second kappa shape index (κ2) is 10.6. The molecule has 2 aliphatic carbocycles. The molecule has 0 N–H and O–H groups in total. The maximum atomic E-state index is 5.63. The molecule has 3 aromatic heterocycles. The van der Waals surface area contributed by atoms with Gasteiger partial charge in [-0.25, -0.2) is 9.97 Å². The molecule has 0 unspecified atom stereocenters. The van der Waals surface area contributed by atoms with Crippen LogP contribution >= 0.6 is 11.3 Å². The van der Waals surface area contributed by atoms with Gasteiger partial charge in [0.25, 0.3) is 0 Å². The monoisotopic (exact) mass is 715 g/mol. The molecule has 0 bridgehead atoms. The molecule has 4 heteroatoms. The molecule has 55 heavy (non-hydrogen) atoms. The Bertz CT molecular complexity index is 3400. The van der Waals surface area contributed by atoms with Crippen molar-refractivity contribution in [1.82, 2.24) is 14.5 Å². The topological polar surface area (TPSA) is 30.7 Å². The first kappa shape index (κ1) is 29.6. The minimum absolute atomic E-state index is 0.447.